The minimum Gasteiger partial charge on any atom is -0.494 e. The number of anilines is 1. The molecule has 2 aromatic carbocycles. The lowest BCUT2D eigenvalue weighted by Gasteiger charge is -2.08. The smallest absolute Gasteiger partial charge is 0.248 e. The van der Waals surface area contributed by atoms with Crippen LogP contribution in [-0.2, 0) is 4.79 Å². The molecule has 2 amide bonds. The van der Waals surface area contributed by atoms with Crippen LogP contribution in [0.25, 0.3) is 0 Å². The van der Waals surface area contributed by atoms with E-state index in [4.69, 9.17) is 10.5 Å². The highest BCUT2D eigenvalue weighted by Crippen LogP contribution is 2.13. The van der Waals surface area contributed by atoms with Gasteiger partial charge >= 0.3 is 0 Å². The van der Waals surface area contributed by atoms with Crippen molar-refractivity contribution in [3.05, 3.63) is 59.7 Å². The number of rotatable bonds is 7. The summed E-state index contributed by atoms with van der Waals surface area (Å²) < 4.78 is 5.60. The summed E-state index contributed by atoms with van der Waals surface area (Å²) in [4.78, 5) is 22.8. The van der Waals surface area contributed by atoms with Gasteiger partial charge in [0.25, 0.3) is 0 Å². The standard InChI is InChI=1S/C18H20N2O3/c1-13-4-2-5-16(12-13)23-11-3-6-17(21)20-15-9-7-14(8-10-15)18(19)22/h2,4-5,7-10,12H,3,6,11H2,1H3,(H2,19,22)(H,20,21). The van der Waals surface area contributed by atoms with Gasteiger partial charge in [0.1, 0.15) is 5.75 Å². The number of nitrogens with one attached hydrogen (secondary N) is 1. The first kappa shape index (κ1) is 16.5. The van der Waals surface area contributed by atoms with Crippen LogP contribution in [0.1, 0.15) is 28.8 Å². The van der Waals surface area contributed by atoms with Crippen molar-refractivity contribution in [2.45, 2.75) is 19.8 Å². The number of primary amides is 1. The van der Waals surface area contributed by atoms with Gasteiger partial charge in [-0.25, -0.2) is 0 Å². The van der Waals surface area contributed by atoms with E-state index >= 15 is 0 Å². The Hall–Kier alpha value is -2.82. The summed E-state index contributed by atoms with van der Waals surface area (Å²) in [5, 5.41) is 2.77. The molecule has 0 fully saturated rings. The van der Waals surface area contributed by atoms with Gasteiger partial charge < -0.3 is 15.8 Å². The molecule has 0 bridgehead atoms. The Morgan fingerprint density at radius 2 is 1.87 bits per heavy atom. The molecular weight excluding hydrogens is 292 g/mol. The second-order valence-corrected chi connectivity index (χ2v) is 5.26. The Kier molecular flexibility index (Phi) is 5.74. The summed E-state index contributed by atoms with van der Waals surface area (Å²) in [6.45, 7) is 2.49. The predicted molar refractivity (Wildman–Crippen MR) is 89.5 cm³/mol. The monoisotopic (exact) mass is 312 g/mol. The normalized spacial score (nSPS) is 10.1. The van der Waals surface area contributed by atoms with Gasteiger partial charge in [-0.15, -0.1) is 0 Å². The van der Waals surface area contributed by atoms with Crippen LogP contribution in [0.5, 0.6) is 5.75 Å². The molecule has 0 aromatic heterocycles. The summed E-state index contributed by atoms with van der Waals surface area (Å²) in [5.41, 5.74) is 7.35. The van der Waals surface area contributed by atoms with Crippen molar-refractivity contribution >= 4 is 17.5 Å². The van der Waals surface area contributed by atoms with Gasteiger partial charge in [-0.05, 0) is 55.3 Å². The maximum Gasteiger partial charge on any atom is 0.248 e. The Morgan fingerprint density at radius 3 is 2.52 bits per heavy atom. The Balaban J connectivity index is 1.71. The molecule has 0 aliphatic rings. The molecule has 0 heterocycles. The number of nitrogens with two attached hydrogens (primary N) is 1. The van der Waals surface area contributed by atoms with Gasteiger partial charge in [0, 0.05) is 17.7 Å². The van der Waals surface area contributed by atoms with Crippen molar-refractivity contribution in [1.29, 1.82) is 0 Å². The van der Waals surface area contributed by atoms with Crippen LogP contribution in [-0.4, -0.2) is 18.4 Å². The van der Waals surface area contributed by atoms with Crippen molar-refractivity contribution in [3.8, 4) is 5.75 Å². The van der Waals surface area contributed by atoms with Crippen LogP contribution in [0.15, 0.2) is 48.5 Å². The zero-order valence-electron chi connectivity index (χ0n) is 13.0. The zero-order chi connectivity index (χ0) is 16.7. The number of ether oxygens (including phenoxy) is 1. The Labute approximate surface area is 135 Å². The molecule has 120 valence electrons. The second-order valence-electron chi connectivity index (χ2n) is 5.26. The predicted octanol–water partition coefficient (Wildman–Crippen LogP) is 2.89. The average Bonchev–Trinajstić information content (AvgIpc) is 2.52. The number of amides is 2. The van der Waals surface area contributed by atoms with E-state index in [1.807, 2.05) is 31.2 Å². The molecule has 0 aliphatic heterocycles. The lowest BCUT2D eigenvalue weighted by atomic mass is 10.2. The van der Waals surface area contributed by atoms with Gasteiger partial charge in [0.15, 0.2) is 0 Å². The van der Waals surface area contributed by atoms with Gasteiger partial charge in [0.2, 0.25) is 11.8 Å². The Bertz CT molecular complexity index is 681. The Morgan fingerprint density at radius 1 is 1.13 bits per heavy atom. The summed E-state index contributed by atoms with van der Waals surface area (Å²) in [6.07, 6.45) is 0.989. The average molecular weight is 312 g/mol. The highest BCUT2D eigenvalue weighted by atomic mass is 16.5. The van der Waals surface area contributed by atoms with Gasteiger partial charge in [-0.2, -0.15) is 0 Å². The van der Waals surface area contributed by atoms with E-state index in [0.717, 1.165) is 11.3 Å². The number of hydrogen-bond donors (Lipinski definition) is 2. The minimum atomic E-state index is -0.490. The fraction of sp³-hybridized carbons (Fsp3) is 0.222. The molecule has 23 heavy (non-hydrogen) atoms. The fourth-order valence-corrected chi connectivity index (χ4v) is 2.07. The molecule has 2 rings (SSSR count). The van der Waals surface area contributed by atoms with E-state index in [-0.39, 0.29) is 5.91 Å². The van der Waals surface area contributed by atoms with E-state index in [2.05, 4.69) is 5.32 Å². The molecule has 0 saturated heterocycles. The number of aryl methyl sites for hydroxylation is 1. The molecule has 3 N–H and O–H groups in total. The summed E-state index contributed by atoms with van der Waals surface area (Å²) >= 11 is 0. The van der Waals surface area contributed by atoms with E-state index < -0.39 is 5.91 Å². The van der Waals surface area contributed by atoms with E-state index in [0.29, 0.717) is 30.7 Å². The highest BCUT2D eigenvalue weighted by Gasteiger charge is 2.04. The number of hydrogen-bond acceptors (Lipinski definition) is 3. The third-order valence-corrected chi connectivity index (χ3v) is 3.26. The van der Waals surface area contributed by atoms with Crippen LogP contribution < -0.4 is 15.8 Å². The maximum atomic E-state index is 11.8. The molecule has 5 heteroatoms. The maximum absolute atomic E-state index is 11.8. The summed E-state index contributed by atoms with van der Waals surface area (Å²) in [7, 11) is 0. The SMILES string of the molecule is Cc1cccc(OCCCC(=O)Nc2ccc(C(N)=O)cc2)c1. The lowest BCUT2D eigenvalue weighted by molar-refractivity contribution is -0.116. The largest absolute Gasteiger partial charge is 0.494 e. The van der Waals surface area contributed by atoms with Crippen LogP contribution in [0.4, 0.5) is 5.69 Å². The molecule has 2 aromatic rings. The summed E-state index contributed by atoms with van der Waals surface area (Å²) in [5.74, 6) is 0.230. The van der Waals surface area contributed by atoms with Crippen LogP contribution in [0.3, 0.4) is 0 Å². The first-order chi connectivity index (χ1) is 11.0. The molecule has 0 spiro atoms. The number of carbonyl (C=O) groups excluding carboxylic acids is 2. The third-order valence-electron chi connectivity index (χ3n) is 3.26. The molecular formula is C18H20N2O3. The van der Waals surface area contributed by atoms with Crippen molar-refractivity contribution in [2.75, 3.05) is 11.9 Å². The molecule has 0 radical (unpaired) electrons. The van der Waals surface area contributed by atoms with Gasteiger partial charge in [-0.3, -0.25) is 9.59 Å². The van der Waals surface area contributed by atoms with Crippen LogP contribution in [0.2, 0.25) is 0 Å². The first-order valence-corrected chi connectivity index (χ1v) is 7.44. The summed E-state index contributed by atoms with van der Waals surface area (Å²) in [6, 6.07) is 14.3. The molecule has 0 atom stereocenters. The van der Waals surface area contributed by atoms with Crippen molar-refractivity contribution in [3.63, 3.8) is 0 Å². The third kappa shape index (κ3) is 5.47. The van der Waals surface area contributed by atoms with Gasteiger partial charge in [0.05, 0.1) is 6.61 Å². The van der Waals surface area contributed by atoms with Gasteiger partial charge in [-0.1, -0.05) is 12.1 Å². The topological polar surface area (TPSA) is 81.4 Å². The van der Waals surface area contributed by atoms with Crippen molar-refractivity contribution < 1.29 is 14.3 Å². The van der Waals surface area contributed by atoms with E-state index in [1.165, 1.54) is 0 Å². The van der Waals surface area contributed by atoms with Crippen LogP contribution in [0, 0.1) is 6.92 Å². The lowest BCUT2D eigenvalue weighted by Crippen LogP contribution is -2.14. The first-order valence-electron chi connectivity index (χ1n) is 7.44. The highest BCUT2D eigenvalue weighted by molar-refractivity contribution is 5.94. The van der Waals surface area contributed by atoms with Crippen molar-refractivity contribution in [2.24, 2.45) is 5.73 Å². The number of benzene rings is 2. The molecule has 0 unspecified atom stereocenters. The molecule has 5 nitrogen and oxygen atoms in total. The second kappa shape index (κ2) is 7.98. The quantitative estimate of drug-likeness (QED) is 0.771. The number of carbonyl (C=O) groups is 2. The van der Waals surface area contributed by atoms with Crippen molar-refractivity contribution in [1.82, 2.24) is 0 Å². The zero-order valence-corrected chi connectivity index (χ0v) is 13.0. The van der Waals surface area contributed by atoms with E-state index in [1.54, 1.807) is 24.3 Å². The van der Waals surface area contributed by atoms with E-state index in [9.17, 15) is 9.59 Å². The molecule has 0 saturated carbocycles. The van der Waals surface area contributed by atoms with Crippen LogP contribution >= 0.6 is 0 Å². The fourth-order valence-electron chi connectivity index (χ4n) is 2.07. The molecule has 0 aliphatic carbocycles. The minimum absolute atomic E-state index is 0.0929.